The highest BCUT2D eigenvalue weighted by molar-refractivity contribution is 5.92. The number of H-pyrrole nitrogens is 1. The van der Waals surface area contributed by atoms with E-state index in [9.17, 15) is 4.79 Å². The number of aromatic amines is 1. The molecule has 1 aliphatic carbocycles. The van der Waals surface area contributed by atoms with Gasteiger partial charge in [0.05, 0.1) is 5.69 Å². The predicted molar refractivity (Wildman–Crippen MR) is 122 cm³/mol. The van der Waals surface area contributed by atoms with Gasteiger partial charge in [0.25, 0.3) is 5.91 Å². The van der Waals surface area contributed by atoms with Crippen molar-refractivity contribution in [2.24, 2.45) is 0 Å². The minimum Gasteiger partial charge on any atom is -0.352 e. The van der Waals surface area contributed by atoms with Crippen LogP contribution in [0.4, 0.5) is 5.95 Å². The number of hydrogen-bond donors (Lipinski definition) is 2. The molecular weight excluding hydrogens is 402 g/mol. The number of rotatable bonds is 6. The van der Waals surface area contributed by atoms with E-state index in [0.29, 0.717) is 30.6 Å². The third-order valence-electron chi connectivity index (χ3n) is 6.23. The smallest absolute Gasteiger partial charge is 0.274 e. The Kier molecular flexibility index (Phi) is 5.59. The first kappa shape index (κ1) is 20.6. The van der Waals surface area contributed by atoms with Crippen LogP contribution in [0.3, 0.4) is 0 Å². The molecule has 2 N–H and O–H groups in total. The highest BCUT2D eigenvalue weighted by Gasteiger charge is 2.30. The maximum Gasteiger partial charge on any atom is 0.274 e. The maximum absolute atomic E-state index is 13.0. The number of piperidine rings is 1. The van der Waals surface area contributed by atoms with Gasteiger partial charge in [-0.3, -0.25) is 14.9 Å². The minimum absolute atomic E-state index is 0.0193. The standard InChI is InChI=1S/C24H29N7O/c1-15(2)27-24-26-14-19(16-5-9-25-10-6-16)22(28-24)18-7-11-31(12-8-18)23(32)21-13-20(29-30-21)17-3-4-17/h5-6,9-10,13-15,17-18H,3-4,7-8,11-12H2,1-2H3,(H,29,30)(H,26,27,28). The zero-order valence-electron chi connectivity index (χ0n) is 18.6. The highest BCUT2D eigenvalue weighted by atomic mass is 16.2. The molecule has 3 aromatic heterocycles. The summed E-state index contributed by atoms with van der Waals surface area (Å²) >= 11 is 0. The fourth-order valence-corrected chi connectivity index (χ4v) is 4.36. The second kappa shape index (κ2) is 8.68. The average molecular weight is 432 g/mol. The summed E-state index contributed by atoms with van der Waals surface area (Å²) in [6, 6.07) is 6.17. The van der Waals surface area contributed by atoms with E-state index in [2.05, 4.69) is 39.3 Å². The molecule has 8 heteroatoms. The summed E-state index contributed by atoms with van der Waals surface area (Å²) in [5.41, 5.74) is 4.77. The van der Waals surface area contributed by atoms with Gasteiger partial charge in [-0.25, -0.2) is 9.97 Å². The van der Waals surface area contributed by atoms with Crippen LogP contribution in [0.5, 0.6) is 0 Å². The number of anilines is 1. The van der Waals surface area contributed by atoms with Crippen molar-refractivity contribution >= 4 is 11.9 Å². The summed E-state index contributed by atoms with van der Waals surface area (Å²) in [5.74, 6) is 1.49. The monoisotopic (exact) mass is 431 g/mol. The largest absolute Gasteiger partial charge is 0.352 e. The second-order valence-electron chi connectivity index (χ2n) is 9.08. The maximum atomic E-state index is 13.0. The number of pyridine rings is 1. The quantitative estimate of drug-likeness (QED) is 0.612. The summed E-state index contributed by atoms with van der Waals surface area (Å²) in [7, 11) is 0. The molecule has 8 nitrogen and oxygen atoms in total. The van der Waals surface area contributed by atoms with Crippen molar-refractivity contribution in [3.8, 4) is 11.1 Å². The van der Waals surface area contributed by atoms with Gasteiger partial charge in [-0.15, -0.1) is 0 Å². The Morgan fingerprint density at radius 2 is 1.88 bits per heavy atom. The van der Waals surface area contributed by atoms with Gasteiger partial charge < -0.3 is 10.2 Å². The summed E-state index contributed by atoms with van der Waals surface area (Å²) in [6.07, 6.45) is 9.59. The first-order valence-electron chi connectivity index (χ1n) is 11.5. The van der Waals surface area contributed by atoms with Crippen LogP contribution in [0.15, 0.2) is 36.8 Å². The fraction of sp³-hybridized carbons (Fsp3) is 0.458. The van der Waals surface area contributed by atoms with Crippen molar-refractivity contribution in [3.05, 3.63) is 53.9 Å². The summed E-state index contributed by atoms with van der Waals surface area (Å²) in [6.45, 7) is 5.55. The number of amides is 1. The first-order valence-corrected chi connectivity index (χ1v) is 11.5. The Bertz CT molecular complexity index is 1080. The van der Waals surface area contributed by atoms with Gasteiger partial charge in [-0.1, -0.05) is 0 Å². The van der Waals surface area contributed by atoms with E-state index in [-0.39, 0.29) is 17.9 Å². The molecule has 2 aliphatic rings. The Balaban J connectivity index is 1.34. The fourth-order valence-electron chi connectivity index (χ4n) is 4.36. The highest BCUT2D eigenvalue weighted by Crippen LogP contribution is 2.39. The lowest BCUT2D eigenvalue weighted by Crippen LogP contribution is -2.38. The molecule has 1 saturated heterocycles. The molecule has 166 valence electrons. The Morgan fingerprint density at radius 3 is 2.56 bits per heavy atom. The number of carbonyl (C=O) groups is 1. The van der Waals surface area contributed by atoms with Gasteiger partial charge in [-0.2, -0.15) is 5.10 Å². The molecule has 2 fully saturated rings. The van der Waals surface area contributed by atoms with Crippen molar-refractivity contribution in [1.82, 2.24) is 30.0 Å². The Labute approximate surface area is 187 Å². The van der Waals surface area contributed by atoms with Gasteiger partial charge in [0.1, 0.15) is 5.69 Å². The molecule has 0 atom stereocenters. The second-order valence-corrected chi connectivity index (χ2v) is 9.08. The van der Waals surface area contributed by atoms with Crippen molar-refractivity contribution in [3.63, 3.8) is 0 Å². The zero-order valence-corrected chi connectivity index (χ0v) is 18.6. The van der Waals surface area contributed by atoms with Crippen LogP contribution < -0.4 is 5.32 Å². The molecule has 1 aliphatic heterocycles. The molecule has 0 radical (unpaired) electrons. The van der Waals surface area contributed by atoms with Gasteiger partial charge in [0.15, 0.2) is 0 Å². The topological polar surface area (TPSA) is 99.7 Å². The van der Waals surface area contributed by atoms with Crippen molar-refractivity contribution in [2.75, 3.05) is 18.4 Å². The number of likely N-dealkylation sites (tertiary alicyclic amines) is 1. The minimum atomic E-state index is 0.0193. The summed E-state index contributed by atoms with van der Waals surface area (Å²) < 4.78 is 0. The van der Waals surface area contributed by atoms with E-state index in [4.69, 9.17) is 4.98 Å². The normalized spacial score (nSPS) is 17.0. The molecule has 5 rings (SSSR count). The van der Waals surface area contributed by atoms with Gasteiger partial charge in [0, 0.05) is 60.8 Å². The zero-order chi connectivity index (χ0) is 22.1. The molecule has 0 spiro atoms. The molecule has 1 saturated carbocycles. The van der Waals surface area contributed by atoms with E-state index in [1.165, 1.54) is 12.8 Å². The Morgan fingerprint density at radius 1 is 1.12 bits per heavy atom. The Hall–Kier alpha value is -3.29. The van der Waals surface area contributed by atoms with Gasteiger partial charge in [-0.05, 0) is 63.3 Å². The molecule has 0 unspecified atom stereocenters. The molecule has 1 amide bonds. The SMILES string of the molecule is CC(C)Nc1ncc(-c2ccncc2)c(C2CCN(C(=O)c3cc(C4CC4)[nH]n3)CC2)n1. The molecule has 0 bridgehead atoms. The lowest BCUT2D eigenvalue weighted by Gasteiger charge is -2.32. The van der Waals surface area contributed by atoms with Gasteiger partial charge in [0.2, 0.25) is 5.95 Å². The van der Waals surface area contributed by atoms with Crippen LogP contribution in [0.1, 0.15) is 73.2 Å². The first-order chi connectivity index (χ1) is 15.6. The van der Waals surface area contributed by atoms with Crippen LogP contribution in [0.25, 0.3) is 11.1 Å². The van der Waals surface area contributed by atoms with Crippen LogP contribution in [-0.4, -0.2) is 55.1 Å². The summed E-state index contributed by atoms with van der Waals surface area (Å²) in [5, 5.41) is 10.6. The van der Waals surface area contributed by atoms with Crippen molar-refractivity contribution in [2.45, 2.75) is 57.4 Å². The molecular formula is C24H29N7O. The number of aromatic nitrogens is 5. The van der Waals surface area contributed by atoms with Crippen LogP contribution >= 0.6 is 0 Å². The number of nitrogens with one attached hydrogen (secondary N) is 2. The third-order valence-corrected chi connectivity index (χ3v) is 6.23. The molecule has 3 aromatic rings. The molecule has 0 aromatic carbocycles. The van der Waals surface area contributed by atoms with Crippen molar-refractivity contribution in [1.29, 1.82) is 0 Å². The molecule has 4 heterocycles. The number of carbonyl (C=O) groups excluding carboxylic acids is 1. The van der Waals surface area contributed by atoms with Gasteiger partial charge >= 0.3 is 0 Å². The third kappa shape index (κ3) is 4.35. The van der Waals surface area contributed by atoms with E-state index in [1.54, 1.807) is 12.4 Å². The predicted octanol–water partition coefficient (Wildman–Crippen LogP) is 3.98. The van der Waals surface area contributed by atoms with E-state index < -0.39 is 0 Å². The lowest BCUT2D eigenvalue weighted by molar-refractivity contribution is 0.0706. The van der Waals surface area contributed by atoms with Crippen LogP contribution in [-0.2, 0) is 0 Å². The average Bonchev–Trinajstić information content (AvgIpc) is 3.55. The molecule has 32 heavy (non-hydrogen) atoms. The van der Waals surface area contributed by atoms with Crippen LogP contribution in [0, 0.1) is 0 Å². The summed E-state index contributed by atoms with van der Waals surface area (Å²) in [4.78, 5) is 28.5. The van der Waals surface area contributed by atoms with E-state index in [0.717, 1.165) is 35.4 Å². The van der Waals surface area contributed by atoms with E-state index >= 15 is 0 Å². The van der Waals surface area contributed by atoms with Crippen LogP contribution in [0.2, 0.25) is 0 Å². The number of hydrogen-bond acceptors (Lipinski definition) is 6. The van der Waals surface area contributed by atoms with Crippen molar-refractivity contribution < 1.29 is 4.79 Å². The number of nitrogens with zero attached hydrogens (tertiary/aromatic N) is 5. The van der Waals surface area contributed by atoms with E-state index in [1.807, 2.05) is 29.3 Å². The lowest BCUT2D eigenvalue weighted by atomic mass is 9.89.